The fourth-order valence-corrected chi connectivity index (χ4v) is 3.86. The van der Waals surface area contributed by atoms with Gasteiger partial charge in [0.15, 0.2) is 0 Å². The molecule has 0 spiro atoms. The molecule has 1 aromatic heterocycles. The van der Waals surface area contributed by atoms with Gasteiger partial charge in [0.2, 0.25) is 5.91 Å². The summed E-state index contributed by atoms with van der Waals surface area (Å²) in [6.45, 7) is 8.27. The van der Waals surface area contributed by atoms with Crippen molar-refractivity contribution < 1.29 is 4.79 Å². The molecule has 2 aromatic rings. The van der Waals surface area contributed by atoms with E-state index in [1.165, 1.54) is 4.88 Å². The first-order chi connectivity index (χ1) is 11.8. The smallest absolute Gasteiger partial charge is 0.241 e. The number of thiophene rings is 1. The molecule has 1 aliphatic heterocycles. The van der Waals surface area contributed by atoms with E-state index in [0.717, 1.165) is 38.4 Å². The third-order valence-electron chi connectivity index (χ3n) is 4.47. The highest BCUT2D eigenvalue weighted by Gasteiger charge is 2.22. The standard InChI is InChI=1S/C19H25N3OS/c1-2-22(17-7-4-3-5-8-17)19(23)16-21-12-10-20(11-13-21)15-18-9-6-14-24-18/h3-9,14H,2,10-13,15-16H2,1H3. The van der Waals surface area contributed by atoms with Crippen molar-refractivity contribution in [3.63, 3.8) is 0 Å². The van der Waals surface area contributed by atoms with E-state index < -0.39 is 0 Å². The van der Waals surface area contributed by atoms with Gasteiger partial charge < -0.3 is 4.90 Å². The van der Waals surface area contributed by atoms with Crippen LogP contribution in [0.25, 0.3) is 0 Å². The van der Waals surface area contributed by atoms with Crippen LogP contribution >= 0.6 is 11.3 Å². The van der Waals surface area contributed by atoms with Crippen LogP contribution in [0.5, 0.6) is 0 Å². The van der Waals surface area contributed by atoms with Gasteiger partial charge in [0.05, 0.1) is 6.54 Å². The normalized spacial score (nSPS) is 16.2. The number of carbonyl (C=O) groups excluding carboxylic acids is 1. The van der Waals surface area contributed by atoms with Crippen LogP contribution in [-0.4, -0.2) is 55.0 Å². The van der Waals surface area contributed by atoms with Gasteiger partial charge in [-0.3, -0.25) is 14.6 Å². The van der Waals surface area contributed by atoms with Crippen molar-refractivity contribution in [3.05, 3.63) is 52.7 Å². The van der Waals surface area contributed by atoms with Gasteiger partial charge in [-0.15, -0.1) is 11.3 Å². The Bertz CT molecular complexity index is 621. The molecule has 0 atom stereocenters. The first-order valence-electron chi connectivity index (χ1n) is 8.58. The van der Waals surface area contributed by atoms with Crippen LogP contribution < -0.4 is 4.90 Å². The van der Waals surface area contributed by atoms with E-state index in [2.05, 4.69) is 27.3 Å². The van der Waals surface area contributed by atoms with E-state index in [1.54, 1.807) is 0 Å². The molecule has 0 radical (unpaired) electrons. The summed E-state index contributed by atoms with van der Waals surface area (Å²) >= 11 is 1.82. The quantitative estimate of drug-likeness (QED) is 0.807. The number of piperazine rings is 1. The van der Waals surface area contributed by atoms with E-state index in [4.69, 9.17) is 0 Å². The van der Waals surface area contributed by atoms with Gasteiger partial charge in [0.1, 0.15) is 0 Å². The molecule has 2 heterocycles. The first kappa shape index (κ1) is 17.1. The summed E-state index contributed by atoms with van der Waals surface area (Å²) in [5, 5.41) is 2.13. The second-order valence-corrected chi connectivity index (χ2v) is 7.14. The van der Waals surface area contributed by atoms with Gasteiger partial charge in [0, 0.05) is 49.8 Å². The van der Waals surface area contributed by atoms with Crippen molar-refractivity contribution in [1.82, 2.24) is 9.80 Å². The summed E-state index contributed by atoms with van der Waals surface area (Å²) in [5.41, 5.74) is 0.987. The molecule has 0 bridgehead atoms. The minimum absolute atomic E-state index is 0.190. The number of anilines is 1. The minimum Gasteiger partial charge on any atom is -0.312 e. The predicted molar refractivity (Wildman–Crippen MR) is 101 cm³/mol. The van der Waals surface area contributed by atoms with Crippen molar-refractivity contribution in [2.75, 3.05) is 44.2 Å². The molecule has 128 valence electrons. The fraction of sp³-hybridized carbons (Fsp3) is 0.421. The Balaban J connectivity index is 1.49. The van der Waals surface area contributed by atoms with Gasteiger partial charge in [0.25, 0.3) is 0 Å². The van der Waals surface area contributed by atoms with Crippen LogP contribution in [0.15, 0.2) is 47.8 Å². The lowest BCUT2D eigenvalue weighted by Crippen LogP contribution is -2.49. The molecule has 3 rings (SSSR count). The Hall–Kier alpha value is -1.69. The molecule has 1 amide bonds. The van der Waals surface area contributed by atoms with Crippen LogP contribution in [0.1, 0.15) is 11.8 Å². The van der Waals surface area contributed by atoms with Crippen LogP contribution in [0.2, 0.25) is 0 Å². The Kier molecular flexibility index (Phi) is 6.01. The number of hydrogen-bond donors (Lipinski definition) is 0. The van der Waals surface area contributed by atoms with Gasteiger partial charge in [-0.25, -0.2) is 0 Å². The number of rotatable bonds is 6. The van der Waals surface area contributed by atoms with Crippen molar-refractivity contribution >= 4 is 22.9 Å². The first-order valence-corrected chi connectivity index (χ1v) is 9.46. The predicted octanol–water partition coefficient (Wildman–Crippen LogP) is 2.92. The largest absolute Gasteiger partial charge is 0.312 e. The maximum absolute atomic E-state index is 12.7. The number of likely N-dealkylation sites (N-methyl/N-ethyl adjacent to an activating group) is 1. The molecule has 0 N–H and O–H groups in total. The molecule has 0 unspecified atom stereocenters. The maximum atomic E-state index is 12.7. The zero-order chi connectivity index (χ0) is 16.8. The van der Waals surface area contributed by atoms with Crippen LogP contribution in [0, 0.1) is 0 Å². The summed E-state index contributed by atoms with van der Waals surface area (Å²) in [4.78, 5) is 20.7. The number of para-hydroxylation sites is 1. The molecule has 1 aromatic carbocycles. The monoisotopic (exact) mass is 343 g/mol. The van der Waals surface area contributed by atoms with Gasteiger partial charge in [-0.05, 0) is 30.5 Å². The van der Waals surface area contributed by atoms with Gasteiger partial charge in [-0.1, -0.05) is 24.3 Å². The summed E-state index contributed by atoms with van der Waals surface area (Å²) in [6.07, 6.45) is 0. The lowest BCUT2D eigenvalue weighted by atomic mass is 10.2. The Morgan fingerprint density at radius 1 is 1.04 bits per heavy atom. The highest BCUT2D eigenvalue weighted by molar-refractivity contribution is 7.09. The SMILES string of the molecule is CCN(C(=O)CN1CCN(Cc2cccs2)CC1)c1ccccc1. The summed E-state index contributed by atoms with van der Waals surface area (Å²) in [5.74, 6) is 0.190. The number of benzene rings is 1. The molecule has 0 aliphatic carbocycles. The van der Waals surface area contributed by atoms with E-state index in [0.29, 0.717) is 13.1 Å². The average molecular weight is 343 g/mol. The van der Waals surface area contributed by atoms with E-state index in [1.807, 2.05) is 53.5 Å². The highest BCUT2D eigenvalue weighted by Crippen LogP contribution is 2.15. The highest BCUT2D eigenvalue weighted by atomic mass is 32.1. The molecule has 1 fully saturated rings. The summed E-state index contributed by atoms with van der Waals surface area (Å²) in [7, 11) is 0. The van der Waals surface area contributed by atoms with Gasteiger partial charge >= 0.3 is 0 Å². The Morgan fingerprint density at radius 2 is 1.75 bits per heavy atom. The van der Waals surface area contributed by atoms with Crippen molar-refractivity contribution in [2.45, 2.75) is 13.5 Å². The average Bonchev–Trinajstić information content (AvgIpc) is 3.11. The van der Waals surface area contributed by atoms with E-state index in [9.17, 15) is 4.79 Å². The lowest BCUT2D eigenvalue weighted by Gasteiger charge is -2.35. The molecule has 1 aliphatic rings. The van der Waals surface area contributed by atoms with Crippen LogP contribution in [-0.2, 0) is 11.3 Å². The minimum atomic E-state index is 0.190. The Morgan fingerprint density at radius 3 is 2.38 bits per heavy atom. The second-order valence-electron chi connectivity index (χ2n) is 6.11. The summed E-state index contributed by atoms with van der Waals surface area (Å²) in [6, 6.07) is 14.2. The maximum Gasteiger partial charge on any atom is 0.241 e. The number of nitrogens with zero attached hydrogens (tertiary/aromatic N) is 3. The van der Waals surface area contributed by atoms with E-state index in [-0.39, 0.29) is 5.91 Å². The Labute approximate surface area is 148 Å². The fourth-order valence-electron chi connectivity index (χ4n) is 3.12. The van der Waals surface area contributed by atoms with Crippen molar-refractivity contribution in [3.8, 4) is 0 Å². The molecule has 4 nitrogen and oxygen atoms in total. The third kappa shape index (κ3) is 4.44. The number of amides is 1. The van der Waals surface area contributed by atoms with Gasteiger partial charge in [-0.2, -0.15) is 0 Å². The lowest BCUT2D eigenvalue weighted by molar-refractivity contribution is -0.120. The second kappa shape index (κ2) is 8.42. The molecule has 1 saturated heterocycles. The zero-order valence-corrected chi connectivity index (χ0v) is 15.0. The molecular formula is C19H25N3OS. The molecule has 5 heteroatoms. The number of hydrogen-bond acceptors (Lipinski definition) is 4. The zero-order valence-electron chi connectivity index (χ0n) is 14.2. The van der Waals surface area contributed by atoms with E-state index >= 15 is 0 Å². The topological polar surface area (TPSA) is 26.8 Å². The molecule has 0 saturated carbocycles. The molecular weight excluding hydrogens is 318 g/mol. The van der Waals surface area contributed by atoms with Crippen molar-refractivity contribution in [1.29, 1.82) is 0 Å². The van der Waals surface area contributed by atoms with Crippen LogP contribution in [0.3, 0.4) is 0 Å². The van der Waals surface area contributed by atoms with Crippen LogP contribution in [0.4, 0.5) is 5.69 Å². The molecule has 24 heavy (non-hydrogen) atoms. The third-order valence-corrected chi connectivity index (χ3v) is 5.33. The summed E-state index contributed by atoms with van der Waals surface area (Å²) < 4.78 is 0. The van der Waals surface area contributed by atoms with Crippen molar-refractivity contribution in [2.24, 2.45) is 0 Å². The number of carbonyl (C=O) groups is 1.